The Hall–Kier alpha value is -2.76. The lowest BCUT2D eigenvalue weighted by atomic mass is 9.99. The molecule has 0 saturated carbocycles. The topological polar surface area (TPSA) is 82.1 Å². The molecule has 6 heteroatoms. The highest BCUT2D eigenvalue weighted by Crippen LogP contribution is 2.39. The van der Waals surface area contributed by atoms with E-state index in [4.69, 9.17) is 14.2 Å². The molecule has 2 rings (SSSR count). The fraction of sp³-hybridized carbons (Fsp3) is 0.250. The summed E-state index contributed by atoms with van der Waals surface area (Å²) < 4.78 is 15.4. The van der Waals surface area contributed by atoms with Gasteiger partial charge in [0, 0.05) is 29.3 Å². The van der Waals surface area contributed by atoms with Gasteiger partial charge in [-0.25, -0.2) is 0 Å². The van der Waals surface area contributed by atoms with E-state index >= 15 is 0 Å². The fourth-order valence-electron chi connectivity index (χ4n) is 2.21. The summed E-state index contributed by atoms with van der Waals surface area (Å²) in [6, 6.07) is 4.92. The molecule has 0 amide bonds. The molecule has 0 radical (unpaired) electrons. The lowest BCUT2D eigenvalue weighted by Gasteiger charge is -2.14. The van der Waals surface area contributed by atoms with Crippen molar-refractivity contribution in [1.82, 2.24) is 0 Å². The zero-order valence-electron chi connectivity index (χ0n) is 12.5. The number of esters is 1. The van der Waals surface area contributed by atoms with Crippen molar-refractivity contribution in [1.29, 1.82) is 0 Å². The first kappa shape index (κ1) is 15.6. The van der Waals surface area contributed by atoms with Gasteiger partial charge in [-0.3, -0.25) is 9.59 Å². The third-order valence-electron chi connectivity index (χ3n) is 3.29. The maximum Gasteiger partial charge on any atom is 0.302 e. The number of carbonyl (C=O) groups excluding carboxylic acids is 2. The number of aldehydes is 1. The van der Waals surface area contributed by atoms with Crippen LogP contribution in [0.3, 0.4) is 0 Å². The van der Waals surface area contributed by atoms with Crippen LogP contribution in [-0.4, -0.2) is 31.6 Å². The van der Waals surface area contributed by atoms with Gasteiger partial charge in [0.25, 0.3) is 0 Å². The normalized spacial score (nSPS) is 10.3. The molecule has 2 aromatic carbocycles. The standard InChI is InChI=1S/C16H16O6/c1-9(18)22-8-10-4-12-13(16(19)14(10)7-17)5-11(20-2)6-15(12)21-3/h4-7,19H,8H2,1-3H3. The van der Waals surface area contributed by atoms with Gasteiger partial charge in [0.1, 0.15) is 23.9 Å². The Morgan fingerprint density at radius 3 is 2.45 bits per heavy atom. The van der Waals surface area contributed by atoms with Gasteiger partial charge >= 0.3 is 5.97 Å². The van der Waals surface area contributed by atoms with Crippen LogP contribution < -0.4 is 9.47 Å². The number of carbonyl (C=O) groups is 2. The minimum Gasteiger partial charge on any atom is -0.507 e. The Balaban J connectivity index is 2.72. The van der Waals surface area contributed by atoms with Crippen molar-refractivity contribution in [3.05, 3.63) is 29.3 Å². The maximum atomic E-state index is 11.3. The van der Waals surface area contributed by atoms with Crippen molar-refractivity contribution in [3.63, 3.8) is 0 Å². The number of rotatable bonds is 5. The van der Waals surface area contributed by atoms with Crippen LogP contribution in [0.5, 0.6) is 17.2 Å². The molecule has 0 unspecified atom stereocenters. The summed E-state index contributed by atoms with van der Waals surface area (Å²) in [4.78, 5) is 22.2. The Morgan fingerprint density at radius 1 is 1.18 bits per heavy atom. The number of ether oxygens (including phenoxy) is 3. The van der Waals surface area contributed by atoms with Crippen molar-refractivity contribution in [2.45, 2.75) is 13.5 Å². The van der Waals surface area contributed by atoms with Crippen molar-refractivity contribution in [2.24, 2.45) is 0 Å². The van der Waals surface area contributed by atoms with Crippen LogP contribution in [0.15, 0.2) is 18.2 Å². The van der Waals surface area contributed by atoms with Gasteiger partial charge < -0.3 is 19.3 Å². The fourth-order valence-corrected chi connectivity index (χ4v) is 2.21. The monoisotopic (exact) mass is 304 g/mol. The second kappa shape index (κ2) is 6.34. The number of methoxy groups -OCH3 is 2. The first-order valence-electron chi connectivity index (χ1n) is 6.51. The molecule has 1 N–H and O–H groups in total. The van der Waals surface area contributed by atoms with Crippen LogP contribution in [-0.2, 0) is 16.1 Å². The highest BCUT2D eigenvalue weighted by atomic mass is 16.5. The van der Waals surface area contributed by atoms with Crippen molar-refractivity contribution < 1.29 is 28.9 Å². The van der Waals surface area contributed by atoms with Crippen LogP contribution in [0.2, 0.25) is 0 Å². The molecular weight excluding hydrogens is 288 g/mol. The molecule has 0 aliphatic heterocycles. The minimum absolute atomic E-state index is 0.0732. The smallest absolute Gasteiger partial charge is 0.302 e. The third kappa shape index (κ3) is 2.81. The SMILES string of the molecule is COc1cc(OC)c2cc(COC(C)=O)c(C=O)c(O)c2c1. The molecule has 116 valence electrons. The van der Waals surface area contributed by atoms with E-state index in [1.165, 1.54) is 21.1 Å². The van der Waals surface area contributed by atoms with Crippen molar-refractivity contribution in [2.75, 3.05) is 14.2 Å². The first-order valence-corrected chi connectivity index (χ1v) is 6.51. The molecular formula is C16H16O6. The summed E-state index contributed by atoms with van der Waals surface area (Å²) in [5.74, 6) is 0.292. The number of hydrogen-bond donors (Lipinski definition) is 1. The van der Waals surface area contributed by atoms with E-state index in [0.717, 1.165) is 0 Å². The van der Waals surface area contributed by atoms with E-state index in [-0.39, 0.29) is 17.9 Å². The number of aromatic hydroxyl groups is 1. The van der Waals surface area contributed by atoms with E-state index in [1.807, 2.05) is 0 Å². The van der Waals surface area contributed by atoms with Gasteiger partial charge in [0.05, 0.1) is 19.8 Å². The number of phenols is 1. The third-order valence-corrected chi connectivity index (χ3v) is 3.29. The molecule has 2 aromatic rings. The Morgan fingerprint density at radius 2 is 1.91 bits per heavy atom. The van der Waals surface area contributed by atoms with Gasteiger partial charge in [-0.2, -0.15) is 0 Å². The van der Waals surface area contributed by atoms with E-state index in [9.17, 15) is 14.7 Å². The molecule has 6 nitrogen and oxygen atoms in total. The van der Waals surface area contributed by atoms with Gasteiger partial charge in [-0.1, -0.05) is 0 Å². The molecule has 0 heterocycles. The summed E-state index contributed by atoms with van der Waals surface area (Å²) in [6.07, 6.45) is 0.527. The average molecular weight is 304 g/mol. The lowest BCUT2D eigenvalue weighted by Crippen LogP contribution is -2.03. The molecule has 0 fully saturated rings. The number of phenolic OH excluding ortho intramolecular Hbond substituents is 1. The van der Waals surface area contributed by atoms with Gasteiger partial charge in [0.15, 0.2) is 6.29 Å². The van der Waals surface area contributed by atoms with Crippen molar-refractivity contribution in [3.8, 4) is 17.2 Å². The van der Waals surface area contributed by atoms with Crippen LogP contribution >= 0.6 is 0 Å². The van der Waals surface area contributed by atoms with Gasteiger partial charge in [-0.15, -0.1) is 0 Å². The predicted molar refractivity (Wildman–Crippen MR) is 79.6 cm³/mol. The summed E-state index contributed by atoms with van der Waals surface area (Å²) in [6.45, 7) is 1.16. The van der Waals surface area contributed by atoms with Crippen LogP contribution in [0.25, 0.3) is 10.8 Å². The Kier molecular flexibility index (Phi) is 4.50. The highest BCUT2D eigenvalue weighted by Gasteiger charge is 2.17. The average Bonchev–Trinajstić information content (AvgIpc) is 2.52. The maximum absolute atomic E-state index is 11.3. The second-order valence-electron chi connectivity index (χ2n) is 4.62. The van der Waals surface area contributed by atoms with E-state index in [1.54, 1.807) is 18.2 Å². The minimum atomic E-state index is -0.474. The lowest BCUT2D eigenvalue weighted by molar-refractivity contribution is -0.142. The molecule has 0 saturated heterocycles. The number of benzene rings is 2. The molecule has 0 aliphatic rings. The van der Waals surface area contributed by atoms with Crippen LogP contribution in [0.1, 0.15) is 22.8 Å². The second-order valence-corrected chi connectivity index (χ2v) is 4.62. The molecule has 0 atom stereocenters. The Labute approximate surface area is 127 Å². The molecule has 0 bridgehead atoms. The number of fused-ring (bicyclic) bond motifs is 1. The Bertz CT molecular complexity index is 735. The molecule has 0 aromatic heterocycles. The molecule has 22 heavy (non-hydrogen) atoms. The summed E-state index contributed by atoms with van der Waals surface area (Å²) >= 11 is 0. The quantitative estimate of drug-likeness (QED) is 0.675. The molecule has 0 aliphatic carbocycles. The van der Waals surface area contributed by atoms with Gasteiger partial charge in [0.2, 0.25) is 0 Å². The summed E-state index contributed by atoms with van der Waals surface area (Å²) in [7, 11) is 2.98. The van der Waals surface area contributed by atoms with E-state index < -0.39 is 5.97 Å². The van der Waals surface area contributed by atoms with Crippen LogP contribution in [0.4, 0.5) is 0 Å². The van der Waals surface area contributed by atoms with E-state index in [2.05, 4.69) is 0 Å². The molecule has 0 spiro atoms. The summed E-state index contributed by atoms with van der Waals surface area (Å²) in [5.41, 5.74) is 0.475. The van der Waals surface area contributed by atoms with Gasteiger partial charge in [-0.05, 0) is 12.1 Å². The highest BCUT2D eigenvalue weighted by molar-refractivity contribution is 6.01. The van der Waals surface area contributed by atoms with E-state index in [0.29, 0.717) is 34.1 Å². The first-order chi connectivity index (χ1) is 10.5. The van der Waals surface area contributed by atoms with Crippen molar-refractivity contribution >= 4 is 23.0 Å². The largest absolute Gasteiger partial charge is 0.507 e. The predicted octanol–water partition coefficient (Wildman–Crippen LogP) is 2.44. The zero-order chi connectivity index (χ0) is 16.3. The zero-order valence-corrected chi connectivity index (χ0v) is 12.5. The summed E-state index contributed by atoms with van der Waals surface area (Å²) in [5, 5.41) is 11.4. The number of hydrogen-bond acceptors (Lipinski definition) is 6. The van der Waals surface area contributed by atoms with Crippen LogP contribution in [0, 0.1) is 0 Å².